The Morgan fingerprint density at radius 3 is 3.11 bits per heavy atom. The molecule has 0 radical (unpaired) electrons. The predicted octanol–water partition coefficient (Wildman–Crippen LogP) is 1.86. The Kier molecular flexibility index (Phi) is 3.87. The van der Waals surface area contributed by atoms with Gasteiger partial charge in [0.1, 0.15) is 5.76 Å². The van der Waals surface area contributed by atoms with Gasteiger partial charge in [0, 0.05) is 19.0 Å². The molecule has 3 rings (SSSR count). The van der Waals surface area contributed by atoms with Crippen LogP contribution in [0.15, 0.2) is 22.8 Å². The van der Waals surface area contributed by atoms with Crippen molar-refractivity contribution >= 4 is 5.91 Å². The highest BCUT2D eigenvalue weighted by Crippen LogP contribution is 2.33. The first-order valence-corrected chi connectivity index (χ1v) is 7.39. The Balaban J connectivity index is 1.43. The molecule has 2 N–H and O–H groups in total. The van der Waals surface area contributed by atoms with E-state index in [1.807, 2.05) is 12.1 Å². The molecule has 2 fully saturated rings. The van der Waals surface area contributed by atoms with Crippen LogP contribution in [-0.2, 0) is 11.2 Å². The zero-order valence-corrected chi connectivity index (χ0v) is 11.2. The van der Waals surface area contributed by atoms with Gasteiger partial charge in [-0.2, -0.15) is 0 Å². The summed E-state index contributed by atoms with van der Waals surface area (Å²) in [5, 5.41) is 6.51. The van der Waals surface area contributed by atoms with Crippen molar-refractivity contribution in [3.8, 4) is 0 Å². The zero-order chi connectivity index (χ0) is 13.1. The molecule has 4 heteroatoms. The van der Waals surface area contributed by atoms with Crippen LogP contribution in [0.1, 0.15) is 37.9 Å². The quantitative estimate of drug-likeness (QED) is 0.871. The average molecular weight is 262 g/mol. The molecule has 2 heterocycles. The number of furan rings is 1. The van der Waals surface area contributed by atoms with Crippen LogP contribution in [-0.4, -0.2) is 24.5 Å². The second-order valence-electron chi connectivity index (χ2n) is 5.73. The Hall–Kier alpha value is -1.29. The summed E-state index contributed by atoms with van der Waals surface area (Å²) in [5.41, 5.74) is 0. The van der Waals surface area contributed by atoms with Crippen LogP contribution in [0.3, 0.4) is 0 Å². The van der Waals surface area contributed by atoms with Gasteiger partial charge in [0.15, 0.2) is 0 Å². The van der Waals surface area contributed by atoms with Gasteiger partial charge in [-0.15, -0.1) is 0 Å². The summed E-state index contributed by atoms with van der Waals surface area (Å²) < 4.78 is 5.25. The summed E-state index contributed by atoms with van der Waals surface area (Å²) in [6, 6.07) is 4.41. The molecule has 19 heavy (non-hydrogen) atoms. The SMILES string of the molecule is O=C(NCCc1ccco1)C1CC2CCCCC2N1. The molecule has 1 aliphatic heterocycles. The van der Waals surface area contributed by atoms with Crippen molar-refractivity contribution in [3.05, 3.63) is 24.2 Å². The highest BCUT2D eigenvalue weighted by molar-refractivity contribution is 5.82. The van der Waals surface area contributed by atoms with E-state index in [9.17, 15) is 4.79 Å². The highest BCUT2D eigenvalue weighted by Gasteiger charge is 2.37. The van der Waals surface area contributed by atoms with E-state index < -0.39 is 0 Å². The second kappa shape index (κ2) is 5.78. The minimum Gasteiger partial charge on any atom is -0.469 e. The third kappa shape index (κ3) is 3.00. The van der Waals surface area contributed by atoms with Crippen molar-refractivity contribution in [2.75, 3.05) is 6.54 Å². The number of rotatable bonds is 4. The summed E-state index contributed by atoms with van der Waals surface area (Å²) >= 11 is 0. The summed E-state index contributed by atoms with van der Waals surface area (Å²) in [5.74, 6) is 1.80. The van der Waals surface area contributed by atoms with Crippen LogP contribution in [0.25, 0.3) is 0 Å². The fraction of sp³-hybridized carbons (Fsp3) is 0.667. The van der Waals surface area contributed by atoms with E-state index in [0.29, 0.717) is 12.6 Å². The Labute approximate surface area is 113 Å². The second-order valence-corrected chi connectivity index (χ2v) is 5.73. The molecule has 1 saturated heterocycles. The monoisotopic (exact) mass is 262 g/mol. The molecular weight excluding hydrogens is 240 g/mol. The summed E-state index contributed by atoms with van der Waals surface area (Å²) in [6.07, 6.45) is 8.60. The van der Waals surface area contributed by atoms with Gasteiger partial charge in [0.05, 0.1) is 12.3 Å². The first kappa shape index (κ1) is 12.7. The largest absolute Gasteiger partial charge is 0.469 e. The van der Waals surface area contributed by atoms with E-state index in [4.69, 9.17) is 4.42 Å². The van der Waals surface area contributed by atoms with E-state index in [-0.39, 0.29) is 11.9 Å². The van der Waals surface area contributed by atoms with E-state index in [1.165, 1.54) is 25.7 Å². The van der Waals surface area contributed by atoms with Crippen molar-refractivity contribution in [3.63, 3.8) is 0 Å². The fourth-order valence-corrected chi connectivity index (χ4v) is 3.41. The van der Waals surface area contributed by atoms with Crippen molar-refractivity contribution in [1.29, 1.82) is 0 Å². The maximum absolute atomic E-state index is 12.1. The van der Waals surface area contributed by atoms with E-state index in [0.717, 1.165) is 24.5 Å². The topological polar surface area (TPSA) is 54.3 Å². The smallest absolute Gasteiger partial charge is 0.237 e. The Bertz CT molecular complexity index is 402. The average Bonchev–Trinajstić information content (AvgIpc) is 3.07. The van der Waals surface area contributed by atoms with Crippen molar-refractivity contribution < 1.29 is 9.21 Å². The number of hydrogen-bond acceptors (Lipinski definition) is 3. The summed E-state index contributed by atoms with van der Waals surface area (Å²) in [4.78, 5) is 12.1. The lowest BCUT2D eigenvalue weighted by atomic mass is 9.85. The van der Waals surface area contributed by atoms with Gasteiger partial charge in [-0.1, -0.05) is 12.8 Å². The molecule has 0 aromatic carbocycles. The summed E-state index contributed by atoms with van der Waals surface area (Å²) in [7, 11) is 0. The zero-order valence-electron chi connectivity index (χ0n) is 11.2. The third-order valence-electron chi connectivity index (χ3n) is 4.43. The van der Waals surface area contributed by atoms with Crippen LogP contribution < -0.4 is 10.6 Å². The first-order valence-electron chi connectivity index (χ1n) is 7.39. The van der Waals surface area contributed by atoms with Gasteiger partial charge in [-0.3, -0.25) is 4.79 Å². The van der Waals surface area contributed by atoms with E-state index in [1.54, 1.807) is 6.26 Å². The standard InChI is InChI=1S/C15H22N2O2/c18-15(16-8-7-12-5-3-9-19-12)14-10-11-4-1-2-6-13(11)17-14/h3,5,9,11,13-14,17H,1-2,4,6-8,10H2,(H,16,18). The normalized spacial score (nSPS) is 30.0. The minimum atomic E-state index is 0.0182. The molecule has 1 aromatic rings. The molecule has 1 saturated carbocycles. The lowest BCUT2D eigenvalue weighted by Gasteiger charge is -2.24. The van der Waals surface area contributed by atoms with Crippen LogP contribution in [0.2, 0.25) is 0 Å². The van der Waals surface area contributed by atoms with Crippen LogP contribution in [0.5, 0.6) is 0 Å². The van der Waals surface area contributed by atoms with E-state index in [2.05, 4.69) is 10.6 Å². The molecule has 1 aromatic heterocycles. The molecule has 0 spiro atoms. The van der Waals surface area contributed by atoms with Gasteiger partial charge in [-0.25, -0.2) is 0 Å². The van der Waals surface area contributed by atoms with E-state index >= 15 is 0 Å². The molecule has 1 amide bonds. The molecular formula is C15H22N2O2. The number of amides is 1. The number of carbonyl (C=O) groups excluding carboxylic acids is 1. The molecule has 0 bridgehead atoms. The molecule has 3 unspecified atom stereocenters. The molecule has 4 nitrogen and oxygen atoms in total. The highest BCUT2D eigenvalue weighted by atomic mass is 16.3. The third-order valence-corrected chi connectivity index (χ3v) is 4.43. The van der Waals surface area contributed by atoms with Crippen LogP contribution >= 0.6 is 0 Å². The fourth-order valence-electron chi connectivity index (χ4n) is 3.41. The van der Waals surface area contributed by atoms with Gasteiger partial charge >= 0.3 is 0 Å². The maximum Gasteiger partial charge on any atom is 0.237 e. The Morgan fingerprint density at radius 2 is 2.32 bits per heavy atom. The van der Waals surface area contributed by atoms with Crippen LogP contribution in [0.4, 0.5) is 0 Å². The number of hydrogen-bond donors (Lipinski definition) is 2. The summed E-state index contributed by atoms with van der Waals surface area (Å²) in [6.45, 7) is 0.653. The van der Waals surface area contributed by atoms with Crippen molar-refractivity contribution in [1.82, 2.24) is 10.6 Å². The van der Waals surface area contributed by atoms with Crippen molar-refractivity contribution in [2.24, 2.45) is 5.92 Å². The first-order chi connectivity index (χ1) is 9.33. The molecule has 2 aliphatic rings. The molecule has 1 aliphatic carbocycles. The van der Waals surface area contributed by atoms with Gasteiger partial charge in [-0.05, 0) is 37.3 Å². The maximum atomic E-state index is 12.1. The number of nitrogens with one attached hydrogen (secondary N) is 2. The molecule has 3 atom stereocenters. The number of fused-ring (bicyclic) bond motifs is 1. The van der Waals surface area contributed by atoms with Gasteiger partial charge in [0.25, 0.3) is 0 Å². The van der Waals surface area contributed by atoms with Gasteiger partial charge in [0.2, 0.25) is 5.91 Å². The predicted molar refractivity (Wildman–Crippen MR) is 72.7 cm³/mol. The Morgan fingerprint density at radius 1 is 1.42 bits per heavy atom. The number of carbonyl (C=O) groups is 1. The van der Waals surface area contributed by atoms with Gasteiger partial charge < -0.3 is 15.1 Å². The minimum absolute atomic E-state index is 0.0182. The van der Waals surface area contributed by atoms with Crippen molar-refractivity contribution in [2.45, 2.75) is 50.6 Å². The lowest BCUT2D eigenvalue weighted by Crippen LogP contribution is -2.43. The van der Waals surface area contributed by atoms with Crippen LogP contribution in [0, 0.1) is 5.92 Å². The lowest BCUT2D eigenvalue weighted by molar-refractivity contribution is -0.122. The molecule has 104 valence electrons.